The molecule has 0 spiro atoms. The van der Waals surface area contributed by atoms with E-state index in [2.05, 4.69) is 33.4 Å². The number of benzene rings is 2. The van der Waals surface area contributed by atoms with Crippen molar-refractivity contribution in [3.8, 4) is 11.5 Å². The van der Waals surface area contributed by atoms with Crippen LogP contribution in [-0.2, 0) is 0 Å². The summed E-state index contributed by atoms with van der Waals surface area (Å²) in [5.41, 5.74) is 2.69. The number of nitrogens with one attached hydrogen (secondary N) is 1. The molecule has 2 aromatic rings. The van der Waals surface area contributed by atoms with Gasteiger partial charge >= 0.3 is 0 Å². The lowest BCUT2D eigenvalue weighted by atomic mass is 9.77. The molecule has 0 fully saturated rings. The zero-order valence-electron chi connectivity index (χ0n) is 14.1. The van der Waals surface area contributed by atoms with E-state index in [4.69, 9.17) is 9.47 Å². The number of allylic oxidation sites excluding steroid dienone is 2. The maximum absolute atomic E-state index is 14.4. The minimum atomic E-state index is -0.208. The Balaban J connectivity index is 1.82. The summed E-state index contributed by atoms with van der Waals surface area (Å²) >= 11 is 3.56. The van der Waals surface area contributed by atoms with Gasteiger partial charge in [0.2, 0.25) is 0 Å². The molecule has 1 aliphatic carbocycles. The largest absolute Gasteiger partial charge is 0.493 e. The highest BCUT2D eigenvalue weighted by molar-refractivity contribution is 9.10. The average molecular weight is 404 g/mol. The Bertz CT molecular complexity index is 852. The van der Waals surface area contributed by atoms with Gasteiger partial charge in [0.15, 0.2) is 11.5 Å². The first-order valence-electron chi connectivity index (χ1n) is 8.27. The van der Waals surface area contributed by atoms with Crippen molar-refractivity contribution in [3.63, 3.8) is 0 Å². The number of anilines is 1. The van der Waals surface area contributed by atoms with Gasteiger partial charge in [0.25, 0.3) is 0 Å². The first-order chi connectivity index (χ1) is 12.1. The van der Waals surface area contributed by atoms with E-state index in [0.717, 1.165) is 22.0 Å². The van der Waals surface area contributed by atoms with Gasteiger partial charge in [-0.05, 0) is 57.6 Å². The minimum Gasteiger partial charge on any atom is -0.493 e. The molecule has 1 aliphatic heterocycles. The zero-order valence-corrected chi connectivity index (χ0v) is 15.6. The van der Waals surface area contributed by atoms with Crippen molar-refractivity contribution in [1.29, 1.82) is 0 Å². The number of methoxy groups -OCH3 is 2. The Morgan fingerprint density at radius 1 is 1.20 bits per heavy atom. The molecule has 0 saturated heterocycles. The van der Waals surface area contributed by atoms with Crippen LogP contribution < -0.4 is 14.8 Å². The van der Waals surface area contributed by atoms with Crippen molar-refractivity contribution >= 4 is 21.6 Å². The lowest BCUT2D eigenvalue weighted by Gasteiger charge is -2.37. The fraction of sp³-hybridized carbons (Fsp3) is 0.300. The van der Waals surface area contributed by atoms with Crippen molar-refractivity contribution in [2.75, 3.05) is 19.5 Å². The molecule has 2 aromatic carbocycles. The average Bonchev–Trinajstić information content (AvgIpc) is 3.10. The normalized spacial score (nSPS) is 23.6. The zero-order chi connectivity index (χ0) is 17.6. The Morgan fingerprint density at radius 3 is 2.80 bits per heavy atom. The van der Waals surface area contributed by atoms with E-state index < -0.39 is 0 Å². The third-order valence-corrected chi connectivity index (χ3v) is 5.75. The highest BCUT2D eigenvalue weighted by atomic mass is 79.9. The molecule has 2 aliphatic rings. The van der Waals surface area contributed by atoms with E-state index in [1.165, 1.54) is 6.07 Å². The van der Waals surface area contributed by atoms with E-state index in [-0.39, 0.29) is 17.8 Å². The number of fused-ring (bicyclic) bond motifs is 3. The quantitative estimate of drug-likeness (QED) is 0.692. The Labute approximate surface area is 155 Å². The molecule has 25 heavy (non-hydrogen) atoms. The molecule has 0 radical (unpaired) electrons. The fourth-order valence-corrected chi connectivity index (χ4v) is 4.65. The van der Waals surface area contributed by atoms with Gasteiger partial charge in [0.1, 0.15) is 5.82 Å². The maximum Gasteiger partial charge on any atom is 0.174 e. The topological polar surface area (TPSA) is 30.5 Å². The van der Waals surface area contributed by atoms with Crippen molar-refractivity contribution in [2.45, 2.75) is 18.4 Å². The second-order valence-electron chi connectivity index (χ2n) is 6.42. The second kappa shape index (κ2) is 6.37. The Morgan fingerprint density at radius 2 is 2.04 bits per heavy atom. The van der Waals surface area contributed by atoms with Crippen molar-refractivity contribution in [1.82, 2.24) is 0 Å². The molecule has 1 heterocycles. The van der Waals surface area contributed by atoms with E-state index in [9.17, 15) is 4.39 Å². The van der Waals surface area contributed by atoms with Gasteiger partial charge in [-0.1, -0.05) is 24.3 Å². The summed E-state index contributed by atoms with van der Waals surface area (Å²) in [5, 5.41) is 3.44. The van der Waals surface area contributed by atoms with E-state index in [1.54, 1.807) is 20.3 Å². The lowest BCUT2D eigenvalue weighted by molar-refractivity contribution is 0.351. The van der Waals surface area contributed by atoms with Gasteiger partial charge in [-0.25, -0.2) is 4.39 Å². The molecule has 130 valence electrons. The van der Waals surface area contributed by atoms with Crippen LogP contribution in [-0.4, -0.2) is 14.2 Å². The fourth-order valence-electron chi connectivity index (χ4n) is 4.03. The summed E-state index contributed by atoms with van der Waals surface area (Å²) in [6.45, 7) is 0. The van der Waals surface area contributed by atoms with Crippen molar-refractivity contribution < 1.29 is 13.9 Å². The monoisotopic (exact) mass is 403 g/mol. The number of ether oxygens (including phenoxy) is 2. The molecule has 0 aromatic heterocycles. The third-order valence-electron chi connectivity index (χ3n) is 5.16. The van der Waals surface area contributed by atoms with E-state index in [0.29, 0.717) is 23.1 Å². The van der Waals surface area contributed by atoms with Crippen LogP contribution in [0.2, 0.25) is 0 Å². The summed E-state index contributed by atoms with van der Waals surface area (Å²) in [6, 6.07) is 9.31. The summed E-state index contributed by atoms with van der Waals surface area (Å²) in [6.07, 6.45) is 5.36. The molecule has 0 saturated carbocycles. The van der Waals surface area contributed by atoms with Crippen LogP contribution >= 0.6 is 15.9 Å². The van der Waals surface area contributed by atoms with Gasteiger partial charge in [0, 0.05) is 5.92 Å². The number of rotatable bonds is 3. The van der Waals surface area contributed by atoms with Crippen LogP contribution in [0.5, 0.6) is 11.5 Å². The van der Waals surface area contributed by atoms with Gasteiger partial charge in [-0.3, -0.25) is 0 Å². The smallest absolute Gasteiger partial charge is 0.174 e. The SMILES string of the molecule is COc1cc([C@H]2Nc3c(F)cccc3[C@H]3C=CC[C@H]32)cc(Br)c1OC. The molecule has 0 unspecified atom stereocenters. The molecular formula is C20H19BrFNO2. The van der Waals surface area contributed by atoms with Crippen LogP contribution in [0.3, 0.4) is 0 Å². The van der Waals surface area contributed by atoms with Crippen LogP contribution in [0, 0.1) is 11.7 Å². The molecule has 4 rings (SSSR count). The molecule has 0 amide bonds. The molecular weight excluding hydrogens is 385 g/mol. The molecule has 3 atom stereocenters. The van der Waals surface area contributed by atoms with Gasteiger partial charge < -0.3 is 14.8 Å². The number of hydrogen-bond donors (Lipinski definition) is 1. The highest BCUT2D eigenvalue weighted by Crippen LogP contribution is 2.51. The van der Waals surface area contributed by atoms with Gasteiger partial charge in [-0.2, -0.15) is 0 Å². The molecule has 0 bridgehead atoms. The van der Waals surface area contributed by atoms with Gasteiger partial charge in [0.05, 0.1) is 30.4 Å². The number of halogens is 2. The minimum absolute atomic E-state index is 0.000469. The standard InChI is InChI=1S/C20H19BrFNO2/c1-24-17-10-11(9-15(21)20(17)25-2)18-13-6-3-5-12(13)14-7-4-8-16(22)19(14)23-18/h3-5,7-10,12-13,18,23H,6H2,1-2H3/t12-,13+,18+/m0/s1. The van der Waals surface area contributed by atoms with Crippen LogP contribution in [0.25, 0.3) is 0 Å². The van der Waals surface area contributed by atoms with Gasteiger partial charge in [-0.15, -0.1) is 0 Å². The summed E-state index contributed by atoms with van der Waals surface area (Å²) in [7, 11) is 3.24. The Hall–Kier alpha value is -2.01. The van der Waals surface area contributed by atoms with Crippen LogP contribution in [0.4, 0.5) is 10.1 Å². The third kappa shape index (κ3) is 2.61. The van der Waals surface area contributed by atoms with E-state index in [1.807, 2.05) is 18.2 Å². The summed E-state index contributed by atoms with van der Waals surface area (Å²) in [4.78, 5) is 0. The molecule has 3 nitrogen and oxygen atoms in total. The predicted molar refractivity (Wildman–Crippen MR) is 100.0 cm³/mol. The molecule has 1 N–H and O–H groups in total. The van der Waals surface area contributed by atoms with Crippen LogP contribution in [0.15, 0.2) is 47.0 Å². The van der Waals surface area contributed by atoms with Crippen molar-refractivity contribution in [3.05, 3.63) is 63.9 Å². The second-order valence-corrected chi connectivity index (χ2v) is 7.27. The highest BCUT2D eigenvalue weighted by Gasteiger charge is 2.39. The lowest BCUT2D eigenvalue weighted by Crippen LogP contribution is -2.29. The van der Waals surface area contributed by atoms with Crippen LogP contribution in [0.1, 0.15) is 29.5 Å². The number of hydrogen-bond acceptors (Lipinski definition) is 3. The predicted octanol–water partition coefficient (Wildman–Crippen LogP) is 5.43. The number of para-hydroxylation sites is 1. The first-order valence-corrected chi connectivity index (χ1v) is 9.06. The summed E-state index contributed by atoms with van der Waals surface area (Å²) in [5.74, 6) is 1.69. The Kier molecular flexibility index (Phi) is 4.20. The van der Waals surface area contributed by atoms with Crippen molar-refractivity contribution in [2.24, 2.45) is 5.92 Å². The van der Waals surface area contributed by atoms with E-state index >= 15 is 0 Å². The summed E-state index contributed by atoms with van der Waals surface area (Å²) < 4.78 is 26.1. The molecule has 5 heteroatoms. The first kappa shape index (κ1) is 16.5. The maximum atomic E-state index is 14.4.